The molecule has 0 atom stereocenters. The van der Waals surface area contributed by atoms with Crippen LogP contribution in [0.2, 0.25) is 0 Å². The lowest BCUT2D eigenvalue weighted by atomic mass is 10.1. The van der Waals surface area contributed by atoms with Gasteiger partial charge in [-0.1, -0.05) is 6.07 Å². The molecule has 5 nitrogen and oxygen atoms in total. The van der Waals surface area contributed by atoms with Crippen LogP contribution in [-0.4, -0.2) is 10.7 Å². The van der Waals surface area contributed by atoms with Crippen LogP contribution in [0.25, 0.3) is 0 Å². The van der Waals surface area contributed by atoms with E-state index in [1.165, 1.54) is 18.2 Å². The Morgan fingerprint density at radius 2 is 2.21 bits per heavy atom. The zero-order valence-corrected chi connectivity index (χ0v) is 7.35. The van der Waals surface area contributed by atoms with Crippen LogP contribution in [0.5, 0.6) is 0 Å². The number of hydrogen-bond donors (Lipinski definition) is 0. The number of carbonyl (C=O) groups is 1. The summed E-state index contributed by atoms with van der Waals surface area (Å²) in [5.41, 5.74) is 0.361. The molecule has 0 unspecified atom stereocenters. The molecule has 5 heteroatoms. The number of Topliss-reactive ketones (excluding diaryl/α,β-unsaturated/α-hetero) is 1. The van der Waals surface area contributed by atoms with E-state index >= 15 is 0 Å². The molecule has 0 saturated heterocycles. The number of nitro groups is 1. The Hall–Kier alpha value is -2.22. The fraction of sp³-hybridized carbons (Fsp3) is 0.111. The van der Waals surface area contributed by atoms with Crippen molar-refractivity contribution in [2.24, 2.45) is 0 Å². The summed E-state index contributed by atoms with van der Waals surface area (Å²) in [6.45, 7) is 1.57. The normalized spacial score (nSPS) is 9.14. The van der Waals surface area contributed by atoms with E-state index in [0.717, 1.165) is 6.07 Å². The first kappa shape index (κ1) is 9.86. The first-order valence-corrected chi connectivity index (χ1v) is 3.75. The molecule has 1 aromatic carbocycles. The maximum Gasteiger partial charge on any atom is 0.273 e. The van der Waals surface area contributed by atoms with E-state index in [1.807, 2.05) is 0 Å². The number of ketones is 1. The summed E-state index contributed by atoms with van der Waals surface area (Å²) in [5, 5.41) is 18.8. The average molecular weight is 190 g/mol. The van der Waals surface area contributed by atoms with Crippen LogP contribution < -0.4 is 0 Å². The second-order valence-corrected chi connectivity index (χ2v) is 2.70. The van der Waals surface area contributed by atoms with Crippen LogP contribution in [0.3, 0.4) is 0 Å². The van der Waals surface area contributed by atoms with E-state index in [0.29, 0.717) is 5.56 Å². The minimum absolute atomic E-state index is 0.0461. The molecule has 0 fully saturated rings. The van der Waals surface area contributed by atoms with Crippen LogP contribution in [-0.2, 0) is 0 Å². The molecule has 0 radical (unpaired) electrons. The summed E-state index contributed by atoms with van der Waals surface area (Å²) < 4.78 is 0. The Balaban J connectivity index is 3.28. The average Bonchev–Trinajstić information content (AvgIpc) is 2.17. The van der Waals surface area contributed by atoms with Gasteiger partial charge in [0.2, 0.25) is 0 Å². The van der Waals surface area contributed by atoms with E-state index < -0.39 is 10.7 Å². The van der Waals surface area contributed by atoms with Gasteiger partial charge in [0.05, 0.1) is 4.92 Å². The van der Waals surface area contributed by atoms with E-state index in [9.17, 15) is 14.9 Å². The number of nitrogens with zero attached hydrogens (tertiary/aromatic N) is 2. The van der Waals surface area contributed by atoms with Crippen LogP contribution in [0.15, 0.2) is 18.2 Å². The van der Waals surface area contributed by atoms with E-state index in [4.69, 9.17) is 5.26 Å². The molecule has 0 spiro atoms. The Morgan fingerprint density at radius 1 is 1.57 bits per heavy atom. The van der Waals surface area contributed by atoms with Gasteiger partial charge in [-0.3, -0.25) is 14.9 Å². The Morgan fingerprint density at radius 3 is 2.71 bits per heavy atom. The van der Waals surface area contributed by atoms with Gasteiger partial charge in [-0.15, -0.1) is 0 Å². The highest BCUT2D eigenvalue weighted by Gasteiger charge is 2.14. The molecule has 0 aliphatic carbocycles. The third-order valence-electron chi connectivity index (χ3n) is 1.77. The highest BCUT2D eigenvalue weighted by Crippen LogP contribution is 2.19. The summed E-state index contributed by atoms with van der Waals surface area (Å²) in [6, 6.07) is 5.36. The number of hydrogen-bond acceptors (Lipinski definition) is 4. The summed E-state index contributed by atoms with van der Waals surface area (Å²) in [5.74, 6) is -0.770. The maximum atomic E-state index is 10.9. The van der Waals surface area contributed by atoms with Gasteiger partial charge >= 0.3 is 0 Å². The number of aryl methyl sites for hydroxylation is 1. The molecule has 0 aliphatic rings. The number of rotatable bonds is 2. The lowest BCUT2D eigenvalue weighted by molar-refractivity contribution is -0.385. The number of carbonyl (C=O) groups excluding carboxylic acids is 1. The van der Waals surface area contributed by atoms with Crippen molar-refractivity contribution in [2.45, 2.75) is 6.92 Å². The first-order chi connectivity index (χ1) is 6.56. The highest BCUT2D eigenvalue weighted by molar-refractivity contribution is 6.07. The second-order valence-electron chi connectivity index (χ2n) is 2.70. The molecule has 0 bridgehead atoms. The van der Waals surface area contributed by atoms with Gasteiger partial charge in [-0.2, -0.15) is 5.26 Å². The molecular formula is C9H6N2O3. The molecule has 70 valence electrons. The lowest BCUT2D eigenvalue weighted by Gasteiger charge is -1.97. The van der Waals surface area contributed by atoms with Gasteiger partial charge in [-0.05, 0) is 13.0 Å². The molecule has 0 saturated carbocycles. The second kappa shape index (κ2) is 3.66. The summed E-state index contributed by atoms with van der Waals surface area (Å²) >= 11 is 0. The van der Waals surface area contributed by atoms with Crippen molar-refractivity contribution >= 4 is 11.5 Å². The molecule has 1 rings (SSSR count). The van der Waals surface area contributed by atoms with Crippen molar-refractivity contribution in [3.05, 3.63) is 39.4 Å². The van der Waals surface area contributed by atoms with Crippen LogP contribution in [0.4, 0.5) is 5.69 Å². The van der Waals surface area contributed by atoms with E-state index in [-0.39, 0.29) is 11.3 Å². The Kier molecular flexibility index (Phi) is 2.58. The maximum absolute atomic E-state index is 10.9. The Bertz CT molecular complexity index is 446. The van der Waals surface area contributed by atoms with Crippen LogP contribution >= 0.6 is 0 Å². The number of nitro benzene ring substituents is 1. The molecule has 0 aliphatic heterocycles. The molecule has 0 N–H and O–H groups in total. The highest BCUT2D eigenvalue weighted by atomic mass is 16.6. The third-order valence-corrected chi connectivity index (χ3v) is 1.77. The molecule has 0 amide bonds. The topological polar surface area (TPSA) is 84.0 Å². The predicted molar refractivity (Wildman–Crippen MR) is 47.8 cm³/mol. The monoisotopic (exact) mass is 190 g/mol. The zero-order valence-electron chi connectivity index (χ0n) is 7.35. The molecule has 0 aromatic heterocycles. The van der Waals surface area contributed by atoms with Crippen LogP contribution in [0.1, 0.15) is 15.9 Å². The quantitative estimate of drug-likeness (QED) is 0.307. The van der Waals surface area contributed by atoms with Gasteiger partial charge in [0.15, 0.2) is 0 Å². The van der Waals surface area contributed by atoms with E-state index in [1.54, 1.807) is 6.92 Å². The smallest absolute Gasteiger partial charge is 0.273 e. The number of benzene rings is 1. The van der Waals surface area contributed by atoms with E-state index in [2.05, 4.69) is 0 Å². The molecule has 1 aromatic rings. The van der Waals surface area contributed by atoms with Gasteiger partial charge in [0.1, 0.15) is 6.07 Å². The fourth-order valence-electron chi connectivity index (χ4n) is 1.01. The van der Waals surface area contributed by atoms with Crippen molar-refractivity contribution in [2.75, 3.05) is 0 Å². The van der Waals surface area contributed by atoms with Gasteiger partial charge < -0.3 is 0 Å². The van der Waals surface area contributed by atoms with Crippen molar-refractivity contribution in [1.82, 2.24) is 0 Å². The van der Waals surface area contributed by atoms with Gasteiger partial charge in [0, 0.05) is 17.2 Å². The van der Waals surface area contributed by atoms with Gasteiger partial charge in [-0.25, -0.2) is 0 Å². The van der Waals surface area contributed by atoms with Crippen molar-refractivity contribution in [3.8, 4) is 6.07 Å². The van der Waals surface area contributed by atoms with Crippen molar-refractivity contribution < 1.29 is 9.72 Å². The largest absolute Gasteiger partial charge is 0.277 e. The van der Waals surface area contributed by atoms with Crippen molar-refractivity contribution in [1.29, 1.82) is 5.26 Å². The minimum atomic E-state index is -0.770. The lowest BCUT2D eigenvalue weighted by Crippen LogP contribution is -1.98. The summed E-state index contributed by atoms with van der Waals surface area (Å²) in [7, 11) is 0. The molecule has 0 heterocycles. The standard InChI is InChI=1S/C9H6N2O3/c1-6-2-3-7(9(12)5-10)4-8(6)11(13)14/h2-4H,1H3. The SMILES string of the molecule is Cc1ccc(C(=O)C#N)cc1[N+](=O)[O-]. The third kappa shape index (κ3) is 1.75. The molecular weight excluding hydrogens is 184 g/mol. The van der Waals surface area contributed by atoms with Crippen molar-refractivity contribution in [3.63, 3.8) is 0 Å². The molecule has 14 heavy (non-hydrogen) atoms. The minimum Gasteiger partial charge on any atom is -0.277 e. The number of nitriles is 1. The Labute approximate surface area is 79.7 Å². The summed E-state index contributed by atoms with van der Waals surface area (Å²) in [6.07, 6.45) is 0. The van der Waals surface area contributed by atoms with Crippen LogP contribution in [0, 0.1) is 28.4 Å². The fourth-order valence-corrected chi connectivity index (χ4v) is 1.01. The zero-order chi connectivity index (χ0) is 10.7. The first-order valence-electron chi connectivity index (χ1n) is 3.75. The summed E-state index contributed by atoms with van der Waals surface area (Å²) in [4.78, 5) is 20.8. The predicted octanol–water partition coefficient (Wildman–Crippen LogP) is 1.61. The van der Waals surface area contributed by atoms with Gasteiger partial charge in [0.25, 0.3) is 11.5 Å².